The highest BCUT2D eigenvalue weighted by atomic mass is 19.1. The lowest BCUT2D eigenvalue weighted by Crippen LogP contribution is -2.65. The summed E-state index contributed by atoms with van der Waals surface area (Å²) < 4.78 is 21.0. The van der Waals surface area contributed by atoms with Gasteiger partial charge in [-0.15, -0.1) is 0 Å². The molecule has 2 aliphatic rings. The zero-order valence-electron chi connectivity index (χ0n) is 22.4. The van der Waals surface area contributed by atoms with Gasteiger partial charge < -0.3 is 19.5 Å². The van der Waals surface area contributed by atoms with E-state index >= 15 is 0 Å². The lowest BCUT2D eigenvalue weighted by atomic mass is 10.0. The Morgan fingerprint density at radius 1 is 1.08 bits per heavy atom. The molecule has 2 amide bonds. The molecule has 3 aromatic rings. The maximum Gasteiger partial charge on any atom is 0.276 e. The van der Waals surface area contributed by atoms with Crippen LogP contribution in [-0.4, -0.2) is 51.0 Å². The van der Waals surface area contributed by atoms with E-state index in [4.69, 9.17) is 4.74 Å². The van der Waals surface area contributed by atoms with Crippen LogP contribution in [0.2, 0.25) is 0 Å². The number of nitrogens with zero attached hydrogens (tertiary/aromatic N) is 3. The minimum atomic E-state index is -0.633. The summed E-state index contributed by atoms with van der Waals surface area (Å²) in [5.74, 6) is -1.35. The van der Waals surface area contributed by atoms with E-state index in [2.05, 4.69) is 24.1 Å². The van der Waals surface area contributed by atoms with Gasteiger partial charge in [0.15, 0.2) is 11.4 Å². The van der Waals surface area contributed by atoms with Crippen molar-refractivity contribution >= 4 is 11.8 Å². The van der Waals surface area contributed by atoms with Crippen molar-refractivity contribution in [2.45, 2.75) is 65.1 Å². The molecule has 0 radical (unpaired) electrons. The summed E-state index contributed by atoms with van der Waals surface area (Å²) in [5.41, 5.74) is 0.953. The van der Waals surface area contributed by atoms with Gasteiger partial charge in [-0.3, -0.25) is 19.3 Å². The average Bonchev–Trinajstić information content (AvgIpc) is 2.92. The summed E-state index contributed by atoms with van der Waals surface area (Å²) in [5, 5.41) is 2.75. The number of carbonyl (C=O) groups is 2. The predicted octanol–water partition coefficient (Wildman–Crippen LogP) is 3.78. The first-order chi connectivity index (χ1) is 18.7. The molecule has 1 fully saturated rings. The maximum absolute atomic E-state index is 14.0. The van der Waals surface area contributed by atoms with Gasteiger partial charge in [-0.05, 0) is 50.5 Å². The van der Waals surface area contributed by atoms with Gasteiger partial charge in [-0.2, -0.15) is 0 Å². The number of hydrogen-bond donors (Lipinski definition) is 1. The molecule has 204 valence electrons. The van der Waals surface area contributed by atoms with E-state index in [0.29, 0.717) is 12.1 Å². The Morgan fingerprint density at radius 2 is 1.79 bits per heavy atom. The molecule has 9 heteroatoms. The van der Waals surface area contributed by atoms with Crippen molar-refractivity contribution in [3.05, 3.63) is 99.2 Å². The van der Waals surface area contributed by atoms with Crippen LogP contribution in [-0.2, 0) is 19.7 Å². The van der Waals surface area contributed by atoms with E-state index in [1.54, 1.807) is 16.7 Å². The van der Waals surface area contributed by atoms with Crippen molar-refractivity contribution in [1.82, 2.24) is 19.7 Å². The average molecular weight is 533 g/mol. The van der Waals surface area contributed by atoms with Crippen molar-refractivity contribution in [2.75, 3.05) is 6.54 Å². The normalized spacial score (nSPS) is 19.0. The number of amides is 2. The summed E-state index contributed by atoms with van der Waals surface area (Å²) in [6.07, 6.45) is 2.10. The molecule has 2 aromatic carbocycles. The summed E-state index contributed by atoms with van der Waals surface area (Å²) in [4.78, 5) is 45.0. The van der Waals surface area contributed by atoms with Gasteiger partial charge in [0.1, 0.15) is 24.2 Å². The molecule has 39 heavy (non-hydrogen) atoms. The largest absolute Gasteiger partial charge is 0.483 e. The van der Waals surface area contributed by atoms with Crippen LogP contribution >= 0.6 is 0 Å². The van der Waals surface area contributed by atoms with Crippen LogP contribution in [0.3, 0.4) is 0 Å². The number of hydrogen-bond acceptors (Lipinski definition) is 5. The van der Waals surface area contributed by atoms with Crippen molar-refractivity contribution in [2.24, 2.45) is 0 Å². The Balaban J connectivity index is 1.53. The number of aromatic nitrogens is 1. The van der Waals surface area contributed by atoms with Crippen molar-refractivity contribution in [1.29, 1.82) is 0 Å². The second kappa shape index (κ2) is 11.0. The first-order valence-corrected chi connectivity index (χ1v) is 13.3. The highest BCUT2D eigenvalue weighted by Crippen LogP contribution is 2.32. The fourth-order valence-corrected chi connectivity index (χ4v) is 5.41. The van der Waals surface area contributed by atoms with E-state index in [1.165, 1.54) is 18.3 Å². The third-order valence-corrected chi connectivity index (χ3v) is 7.52. The second-order valence-electron chi connectivity index (χ2n) is 10.4. The summed E-state index contributed by atoms with van der Waals surface area (Å²) in [6, 6.07) is 15.3. The molecular formula is C30H33FN4O4. The van der Waals surface area contributed by atoms with E-state index in [9.17, 15) is 18.8 Å². The second-order valence-corrected chi connectivity index (χ2v) is 10.4. The van der Waals surface area contributed by atoms with Gasteiger partial charge in [-0.1, -0.05) is 42.5 Å². The maximum atomic E-state index is 14.0. The van der Waals surface area contributed by atoms with E-state index in [1.807, 2.05) is 42.2 Å². The van der Waals surface area contributed by atoms with Crippen molar-refractivity contribution < 1.29 is 18.7 Å². The van der Waals surface area contributed by atoms with Crippen LogP contribution in [0.5, 0.6) is 5.75 Å². The molecule has 0 spiro atoms. The van der Waals surface area contributed by atoms with Gasteiger partial charge in [-0.25, -0.2) is 4.39 Å². The number of halogens is 1. The first kappa shape index (κ1) is 26.6. The van der Waals surface area contributed by atoms with E-state index in [-0.39, 0.29) is 60.1 Å². The van der Waals surface area contributed by atoms with Gasteiger partial charge in [0.05, 0.1) is 6.54 Å². The monoisotopic (exact) mass is 532 g/mol. The quantitative estimate of drug-likeness (QED) is 0.501. The topological polar surface area (TPSA) is 83.9 Å². The lowest BCUT2D eigenvalue weighted by molar-refractivity contribution is -0.0455. The Labute approximate surface area is 227 Å². The fourth-order valence-electron chi connectivity index (χ4n) is 5.41. The molecule has 0 unspecified atom stereocenters. The van der Waals surface area contributed by atoms with Gasteiger partial charge in [0, 0.05) is 31.4 Å². The molecule has 0 bridgehead atoms. The van der Waals surface area contributed by atoms with Gasteiger partial charge in [0.25, 0.3) is 11.8 Å². The Morgan fingerprint density at radius 3 is 2.49 bits per heavy atom. The third-order valence-electron chi connectivity index (χ3n) is 7.52. The molecule has 8 nitrogen and oxygen atoms in total. The Kier molecular flexibility index (Phi) is 7.52. The lowest BCUT2D eigenvalue weighted by Gasteiger charge is -2.51. The first-order valence-electron chi connectivity index (χ1n) is 13.3. The zero-order valence-corrected chi connectivity index (χ0v) is 22.4. The van der Waals surface area contributed by atoms with Crippen LogP contribution in [0, 0.1) is 5.82 Å². The van der Waals surface area contributed by atoms with Crippen LogP contribution in [0.4, 0.5) is 4.39 Å². The molecule has 2 aliphatic heterocycles. The summed E-state index contributed by atoms with van der Waals surface area (Å²) >= 11 is 0. The fraction of sp³-hybridized carbons (Fsp3) is 0.367. The number of fused-ring (bicyclic) bond motifs is 2. The minimum Gasteiger partial charge on any atom is -0.483 e. The molecule has 5 rings (SSSR count). The van der Waals surface area contributed by atoms with Crippen molar-refractivity contribution in [3.63, 3.8) is 0 Å². The van der Waals surface area contributed by atoms with Gasteiger partial charge >= 0.3 is 0 Å². The molecule has 3 heterocycles. The highest BCUT2D eigenvalue weighted by molar-refractivity contribution is 5.99. The Bertz CT molecular complexity index is 1420. The molecule has 1 saturated heterocycles. The summed E-state index contributed by atoms with van der Waals surface area (Å²) in [6.45, 7) is 7.68. The molecule has 2 atom stereocenters. The predicted molar refractivity (Wildman–Crippen MR) is 145 cm³/mol. The third kappa shape index (κ3) is 5.31. The highest BCUT2D eigenvalue weighted by Gasteiger charge is 2.44. The molecular weight excluding hydrogens is 499 g/mol. The SMILES string of the molecule is CC(C)N1CC[C@@H](C)N2C(=O)c3c(OCc4ccccc4)c(=O)c(C(=O)NCc4ccc(F)cc4)cn3C[C@H]12. The smallest absolute Gasteiger partial charge is 0.276 e. The van der Waals surface area contributed by atoms with Crippen LogP contribution in [0.15, 0.2) is 65.6 Å². The summed E-state index contributed by atoms with van der Waals surface area (Å²) in [7, 11) is 0. The molecule has 1 aromatic heterocycles. The number of benzene rings is 2. The number of carbonyl (C=O) groups excluding carboxylic acids is 2. The number of nitrogens with one attached hydrogen (secondary N) is 1. The van der Waals surface area contributed by atoms with Crippen LogP contribution < -0.4 is 15.5 Å². The molecule has 0 saturated carbocycles. The zero-order chi connectivity index (χ0) is 27.7. The van der Waals surface area contributed by atoms with Crippen molar-refractivity contribution in [3.8, 4) is 5.75 Å². The molecule has 1 N–H and O–H groups in total. The Hall–Kier alpha value is -3.98. The number of pyridine rings is 1. The van der Waals surface area contributed by atoms with E-state index in [0.717, 1.165) is 18.5 Å². The number of rotatable bonds is 7. The van der Waals surface area contributed by atoms with Crippen LogP contribution in [0.1, 0.15) is 59.2 Å². The van der Waals surface area contributed by atoms with Gasteiger partial charge in [0.2, 0.25) is 5.43 Å². The number of ether oxygens (including phenoxy) is 1. The standard InChI is InChI=1S/C30H33FN4O4/c1-19(2)34-14-13-20(3)35-25(34)17-33-16-24(29(37)32-15-21-9-11-23(31)12-10-21)27(36)28(26(33)30(35)38)39-18-22-7-5-4-6-8-22/h4-12,16,19-20,25H,13-15,17-18H2,1-3H3,(H,32,37)/t20-,25-/m1/s1. The van der Waals surface area contributed by atoms with E-state index < -0.39 is 11.3 Å². The molecule has 0 aliphatic carbocycles. The minimum absolute atomic E-state index is 0.00186. The van der Waals surface area contributed by atoms with Crippen LogP contribution in [0.25, 0.3) is 0 Å².